The van der Waals surface area contributed by atoms with E-state index in [1.165, 1.54) is 11.2 Å². The van der Waals surface area contributed by atoms with Gasteiger partial charge in [0.15, 0.2) is 5.11 Å². The Morgan fingerprint density at radius 3 is 2.29 bits per heavy atom. The standard InChI is InChI=1S/C16H15N3OS/c1-19(16(21)18-14-10-6-3-7-11-14)17-12-15(20)13-8-4-2-5-9-13/h2-12H,1H3,(H,18,21)/b17-12+. The molecule has 2 aromatic rings. The zero-order chi connectivity index (χ0) is 15.1. The van der Waals surface area contributed by atoms with E-state index in [-0.39, 0.29) is 5.78 Å². The van der Waals surface area contributed by atoms with Gasteiger partial charge in [0.2, 0.25) is 5.78 Å². The van der Waals surface area contributed by atoms with Crippen LogP contribution >= 0.6 is 12.2 Å². The lowest BCUT2D eigenvalue weighted by molar-refractivity contribution is 0.106. The van der Waals surface area contributed by atoms with Crippen molar-refractivity contribution in [3.05, 3.63) is 66.2 Å². The Morgan fingerprint density at radius 1 is 1.10 bits per heavy atom. The third kappa shape index (κ3) is 4.50. The molecule has 2 aromatic carbocycles. The molecule has 0 saturated carbocycles. The first-order valence-electron chi connectivity index (χ1n) is 6.40. The van der Waals surface area contributed by atoms with Crippen LogP contribution in [0, 0.1) is 0 Å². The molecule has 4 nitrogen and oxygen atoms in total. The number of thiocarbonyl (C=S) groups is 1. The third-order valence-corrected chi connectivity index (χ3v) is 3.09. The van der Waals surface area contributed by atoms with Crippen LogP contribution < -0.4 is 5.32 Å². The Balaban J connectivity index is 1.94. The van der Waals surface area contributed by atoms with Crippen LogP contribution in [0.3, 0.4) is 0 Å². The molecule has 0 bridgehead atoms. The number of carbonyl (C=O) groups is 1. The highest BCUT2D eigenvalue weighted by Crippen LogP contribution is 2.06. The maximum Gasteiger partial charge on any atom is 0.205 e. The third-order valence-electron chi connectivity index (χ3n) is 2.73. The molecule has 0 atom stereocenters. The van der Waals surface area contributed by atoms with Gasteiger partial charge in [-0.15, -0.1) is 0 Å². The summed E-state index contributed by atoms with van der Waals surface area (Å²) in [5.41, 5.74) is 1.47. The van der Waals surface area contributed by atoms with Gasteiger partial charge in [0.05, 0.1) is 6.21 Å². The van der Waals surface area contributed by atoms with E-state index in [0.717, 1.165) is 5.69 Å². The number of hydrogen-bond acceptors (Lipinski definition) is 3. The average molecular weight is 297 g/mol. The van der Waals surface area contributed by atoms with Crippen LogP contribution in [0.1, 0.15) is 10.4 Å². The molecule has 0 amide bonds. The van der Waals surface area contributed by atoms with E-state index in [1.807, 2.05) is 48.5 Å². The molecule has 0 saturated heterocycles. The lowest BCUT2D eigenvalue weighted by atomic mass is 10.1. The quantitative estimate of drug-likeness (QED) is 0.407. The summed E-state index contributed by atoms with van der Waals surface area (Å²) in [6, 6.07) is 18.5. The van der Waals surface area contributed by atoms with Crippen LogP contribution in [0.5, 0.6) is 0 Å². The summed E-state index contributed by atoms with van der Waals surface area (Å²) in [6.45, 7) is 0. The predicted molar refractivity (Wildman–Crippen MR) is 89.7 cm³/mol. The van der Waals surface area contributed by atoms with Crippen molar-refractivity contribution in [2.45, 2.75) is 0 Å². The highest BCUT2D eigenvalue weighted by Gasteiger charge is 2.04. The Bertz CT molecular complexity index is 641. The minimum Gasteiger partial charge on any atom is -0.331 e. The molecule has 0 aliphatic heterocycles. The average Bonchev–Trinajstić information content (AvgIpc) is 2.54. The van der Waals surface area contributed by atoms with Gasteiger partial charge in [-0.25, -0.2) is 5.01 Å². The van der Waals surface area contributed by atoms with Gasteiger partial charge in [0.1, 0.15) is 0 Å². The Kier molecular flexibility index (Phi) is 5.17. The van der Waals surface area contributed by atoms with Crippen LogP contribution in [-0.2, 0) is 0 Å². The second kappa shape index (κ2) is 7.31. The number of hydrazone groups is 1. The molecular weight excluding hydrogens is 282 g/mol. The summed E-state index contributed by atoms with van der Waals surface area (Å²) >= 11 is 5.22. The molecule has 0 spiro atoms. The summed E-state index contributed by atoms with van der Waals surface area (Å²) in [5.74, 6) is -0.162. The number of nitrogens with one attached hydrogen (secondary N) is 1. The largest absolute Gasteiger partial charge is 0.331 e. The van der Waals surface area contributed by atoms with E-state index in [9.17, 15) is 4.79 Å². The van der Waals surface area contributed by atoms with Crippen molar-refractivity contribution in [1.29, 1.82) is 0 Å². The molecule has 21 heavy (non-hydrogen) atoms. The number of Topliss-reactive ketones (excluding diaryl/α,β-unsaturated/α-hetero) is 1. The van der Waals surface area contributed by atoms with Crippen molar-refractivity contribution >= 4 is 35.0 Å². The smallest absolute Gasteiger partial charge is 0.205 e. The van der Waals surface area contributed by atoms with E-state index in [2.05, 4.69) is 10.4 Å². The Labute approximate surface area is 129 Å². The minimum absolute atomic E-state index is 0.162. The fraction of sp³-hybridized carbons (Fsp3) is 0.0625. The van der Waals surface area contributed by atoms with Crippen molar-refractivity contribution < 1.29 is 4.79 Å². The lowest BCUT2D eigenvalue weighted by Crippen LogP contribution is -2.27. The molecule has 106 valence electrons. The summed E-state index contributed by atoms with van der Waals surface area (Å²) in [7, 11) is 1.69. The van der Waals surface area contributed by atoms with Gasteiger partial charge in [0.25, 0.3) is 0 Å². The first kappa shape index (κ1) is 14.9. The first-order chi connectivity index (χ1) is 10.2. The number of ketones is 1. The number of rotatable bonds is 4. The van der Waals surface area contributed by atoms with Gasteiger partial charge in [-0.1, -0.05) is 48.5 Å². The Morgan fingerprint density at radius 2 is 1.67 bits per heavy atom. The van der Waals surface area contributed by atoms with Gasteiger partial charge in [-0.2, -0.15) is 5.10 Å². The van der Waals surface area contributed by atoms with Gasteiger partial charge in [-0.3, -0.25) is 4.79 Å². The fourth-order valence-corrected chi connectivity index (χ4v) is 1.76. The zero-order valence-corrected chi connectivity index (χ0v) is 12.4. The molecule has 0 unspecified atom stereocenters. The Hall–Kier alpha value is -2.53. The van der Waals surface area contributed by atoms with Gasteiger partial charge in [-0.05, 0) is 24.4 Å². The number of anilines is 1. The van der Waals surface area contributed by atoms with E-state index >= 15 is 0 Å². The summed E-state index contributed by atoms with van der Waals surface area (Å²) in [4.78, 5) is 11.9. The SMILES string of the molecule is CN(/N=C/C(=O)c1ccccc1)C(=S)Nc1ccccc1. The lowest BCUT2D eigenvalue weighted by Gasteiger charge is -2.15. The molecule has 5 heteroatoms. The summed E-state index contributed by atoms with van der Waals surface area (Å²) < 4.78 is 0. The van der Waals surface area contributed by atoms with E-state index in [1.54, 1.807) is 19.2 Å². The molecule has 0 heterocycles. The van der Waals surface area contributed by atoms with Crippen LogP contribution in [-0.4, -0.2) is 29.2 Å². The van der Waals surface area contributed by atoms with Crippen LogP contribution in [0.25, 0.3) is 0 Å². The second-order valence-electron chi connectivity index (χ2n) is 4.29. The van der Waals surface area contributed by atoms with E-state index in [4.69, 9.17) is 12.2 Å². The molecule has 0 aliphatic rings. The highest BCUT2D eigenvalue weighted by molar-refractivity contribution is 7.80. The minimum atomic E-state index is -0.162. The second-order valence-corrected chi connectivity index (χ2v) is 4.68. The molecule has 0 aliphatic carbocycles. The van der Waals surface area contributed by atoms with Gasteiger partial charge < -0.3 is 5.32 Å². The first-order valence-corrected chi connectivity index (χ1v) is 6.81. The van der Waals surface area contributed by atoms with Crippen molar-refractivity contribution in [3.63, 3.8) is 0 Å². The van der Waals surface area contributed by atoms with Crippen LogP contribution in [0.4, 0.5) is 5.69 Å². The van der Waals surface area contributed by atoms with Crippen molar-refractivity contribution in [2.24, 2.45) is 5.10 Å². The van der Waals surface area contributed by atoms with E-state index < -0.39 is 0 Å². The van der Waals surface area contributed by atoms with Crippen molar-refractivity contribution in [3.8, 4) is 0 Å². The topological polar surface area (TPSA) is 44.7 Å². The molecular formula is C16H15N3OS. The van der Waals surface area contributed by atoms with Gasteiger partial charge >= 0.3 is 0 Å². The number of para-hydroxylation sites is 1. The molecule has 0 radical (unpaired) electrons. The molecule has 0 fully saturated rings. The zero-order valence-electron chi connectivity index (χ0n) is 11.6. The number of nitrogens with zero attached hydrogens (tertiary/aromatic N) is 2. The van der Waals surface area contributed by atoms with Crippen LogP contribution in [0.2, 0.25) is 0 Å². The number of benzene rings is 2. The highest BCUT2D eigenvalue weighted by atomic mass is 32.1. The normalized spacial score (nSPS) is 10.3. The number of carbonyl (C=O) groups excluding carboxylic acids is 1. The van der Waals surface area contributed by atoms with Gasteiger partial charge in [0, 0.05) is 18.3 Å². The molecule has 0 aromatic heterocycles. The molecule has 2 rings (SSSR count). The van der Waals surface area contributed by atoms with E-state index in [0.29, 0.717) is 10.7 Å². The maximum absolute atomic E-state index is 11.9. The summed E-state index contributed by atoms with van der Waals surface area (Å²) in [6.07, 6.45) is 1.26. The monoisotopic (exact) mass is 297 g/mol. The van der Waals surface area contributed by atoms with Crippen molar-refractivity contribution in [2.75, 3.05) is 12.4 Å². The molecule has 1 N–H and O–H groups in total. The van der Waals surface area contributed by atoms with Crippen molar-refractivity contribution in [1.82, 2.24) is 5.01 Å². The maximum atomic E-state index is 11.9. The fourth-order valence-electron chi connectivity index (χ4n) is 1.59. The summed E-state index contributed by atoms with van der Waals surface area (Å²) in [5, 5.41) is 8.95. The number of hydrogen-bond donors (Lipinski definition) is 1. The van der Waals surface area contributed by atoms with Crippen LogP contribution in [0.15, 0.2) is 65.8 Å². The predicted octanol–water partition coefficient (Wildman–Crippen LogP) is 3.18.